The molecule has 0 aliphatic heterocycles. The van der Waals surface area contributed by atoms with Crippen molar-refractivity contribution in [1.29, 1.82) is 0 Å². The zero-order valence-electron chi connectivity index (χ0n) is 10.1. The fraction of sp³-hybridized carbons (Fsp3) is 0.133. The highest BCUT2D eigenvalue weighted by Crippen LogP contribution is 2.14. The van der Waals surface area contributed by atoms with Crippen molar-refractivity contribution in [2.24, 2.45) is 0 Å². The Morgan fingerprint density at radius 3 is 2.50 bits per heavy atom. The second-order valence-corrected chi connectivity index (χ2v) is 4.30. The Balaban J connectivity index is 2.21. The van der Waals surface area contributed by atoms with Gasteiger partial charge in [0.15, 0.2) is 5.78 Å². The van der Waals surface area contributed by atoms with Gasteiger partial charge >= 0.3 is 0 Å². The van der Waals surface area contributed by atoms with E-state index in [4.69, 9.17) is 5.73 Å². The Bertz CT molecular complexity index is 576. The summed E-state index contributed by atoms with van der Waals surface area (Å²) in [5.41, 5.74) is 8.34. The summed E-state index contributed by atoms with van der Waals surface area (Å²) >= 11 is 0. The molecule has 0 fully saturated rings. The van der Waals surface area contributed by atoms with Gasteiger partial charge in [0.05, 0.1) is 0 Å². The Kier molecular flexibility index (Phi) is 3.42. The van der Waals surface area contributed by atoms with Crippen molar-refractivity contribution in [2.45, 2.75) is 13.3 Å². The van der Waals surface area contributed by atoms with Gasteiger partial charge in [0.25, 0.3) is 0 Å². The molecule has 0 saturated carbocycles. The lowest BCUT2D eigenvalue weighted by atomic mass is 9.99. The number of nitrogen functional groups attached to an aromatic ring is 1. The molecule has 2 nitrogen and oxygen atoms in total. The van der Waals surface area contributed by atoms with Crippen LogP contribution in [0.1, 0.15) is 21.5 Å². The summed E-state index contributed by atoms with van der Waals surface area (Å²) in [6.07, 6.45) is 0.255. The molecule has 0 aromatic heterocycles. The average molecular weight is 243 g/mol. The first-order valence-electron chi connectivity index (χ1n) is 5.70. The van der Waals surface area contributed by atoms with Crippen LogP contribution in [0.15, 0.2) is 42.5 Å². The topological polar surface area (TPSA) is 43.1 Å². The first-order valence-corrected chi connectivity index (χ1v) is 5.70. The lowest BCUT2D eigenvalue weighted by Crippen LogP contribution is -2.06. The Hall–Kier alpha value is -2.16. The number of aryl methyl sites for hydroxylation is 1. The number of ketones is 1. The number of benzene rings is 2. The summed E-state index contributed by atoms with van der Waals surface area (Å²) < 4.78 is 13.1. The van der Waals surface area contributed by atoms with Crippen LogP contribution in [0, 0.1) is 12.7 Å². The highest BCUT2D eigenvalue weighted by Gasteiger charge is 2.10. The third kappa shape index (κ3) is 2.74. The molecule has 0 spiro atoms. The molecule has 0 unspecified atom stereocenters. The van der Waals surface area contributed by atoms with Crippen LogP contribution in [0.3, 0.4) is 0 Å². The molecule has 2 aromatic rings. The fourth-order valence-electron chi connectivity index (χ4n) is 1.81. The monoisotopic (exact) mass is 243 g/mol. The van der Waals surface area contributed by atoms with E-state index in [1.165, 1.54) is 12.1 Å². The van der Waals surface area contributed by atoms with Crippen LogP contribution in [-0.2, 0) is 6.42 Å². The van der Waals surface area contributed by atoms with Crippen LogP contribution in [-0.4, -0.2) is 5.78 Å². The molecule has 0 bridgehead atoms. The first-order chi connectivity index (χ1) is 8.56. The molecule has 2 rings (SSSR count). The van der Waals surface area contributed by atoms with Gasteiger partial charge in [-0.05, 0) is 42.3 Å². The number of carbonyl (C=O) groups is 1. The van der Waals surface area contributed by atoms with Crippen LogP contribution in [0.2, 0.25) is 0 Å². The van der Waals surface area contributed by atoms with Gasteiger partial charge in [-0.2, -0.15) is 0 Å². The van der Waals surface area contributed by atoms with Gasteiger partial charge in [0, 0.05) is 17.7 Å². The highest BCUT2D eigenvalue weighted by molar-refractivity contribution is 5.98. The van der Waals surface area contributed by atoms with Gasteiger partial charge in [0.2, 0.25) is 0 Å². The van der Waals surface area contributed by atoms with E-state index in [1.54, 1.807) is 25.1 Å². The average Bonchev–Trinajstić information content (AvgIpc) is 2.35. The molecule has 92 valence electrons. The molecule has 0 amide bonds. The lowest BCUT2D eigenvalue weighted by Gasteiger charge is -2.05. The summed E-state index contributed by atoms with van der Waals surface area (Å²) in [6.45, 7) is 1.80. The molecule has 0 radical (unpaired) electrons. The van der Waals surface area contributed by atoms with Gasteiger partial charge in [-0.3, -0.25) is 4.79 Å². The molecular formula is C15H14FNO. The van der Waals surface area contributed by atoms with Gasteiger partial charge in [-0.25, -0.2) is 4.39 Å². The Morgan fingerprint density at radius 1 is 1.17 bits per heavy atom. The molecular weight excluding hydrogens is 229 g/mol. The van der Waals surface area contributed by atoms with Gasteiger partial charge in [0.1, 0.15) is 5.82 Å². The maximum absolute atomic E-state index is 13.1. The Morgan fingerprint density at radius 2 is 1.83 bits per heavy atom. The predicted octanol–water partition coefficient (Wildman–Crippen LogP) is 3.14. The zero-order valence-corrected chi connectivity index (χ0v) is 10.1. The first kappa shape index (κ1) is 12.3. The summed E-state index contributed by atoms with van der Waals surface area (Å²) in [6, 6.07) is 11.4. The fourth-order valence-corrected chi connectivity index (χ4v) is 1.81. The molecule has 0 atom stereocenters. The van der Waals surface area contributed by atoms with E-state index < -0.39 is 0 Å². The van der Waals surface area contributed by atoms with E-state index in [0.29, 0.717) is 11.3 Å². The number of Topliss-reactive ketones (excluding diaryl/α,β-unsaturated/α-hetero) is 1. The van der Waals surface area contributed by atoms with Crippen molar-refractivity contribution in [1.82, 2.24) is 0 Å². The van der Waals surface area contributed by atoms with E-state index in [0.717, 1.165) is 11.1 Å². The van der Waals surface area contributed by atoms with Crippen molar-refractivity contribution in [3.05, 3.63) is 65.0 Å². The number of carbonyl (C=O) groups excluding carboxylic acids is 1. The maximum atomic E-state index is 13.1. The summed E-state index contributed by atoms with van der Waals surface area (Å²) in [5, 5.41) is 0. The molecule has 18 heavy (non-hydrogen) atoms. The smallest absolute Gasteiger partial charge is 0.167 e. The predicted molar refractivity (Wildman–Crippen MR) is 70.0 cm³/mol. The summed E-state index contributed by atoms with van der Waals surface area (Å²) in [5.74, 6) is -0.474. The number of hydrogen-bond acceptors (Lipinski definition) is 2. The van der Waals surface area contributed by atoms with Crippen LogP contribution < -0.4 is 5.73 Å². The SMILES string of the molecule is Cc1ccc(F)cc1C(=O)Cc1ccc(N)cc1. The van der Waals surface area contributed by atoms with E-state index in [1.807, 2.05) is 12.1 Å². The largest absolute Gasteiger partial charge is 0.399 e. The molecule has 2 aromatic carbocycles. The van der Waals surface area contributed by atoms with E-state index >= 15 is 0 Å². The quantitative estimate of drug-likeness (QED) is 0.664. The minimum Gasteiger partial charge on any atom is -0.399 e. The molecule has 0 aliphatic carbocycles. The number of anilines is 1. The third-order valence-corrected chi connectivity index (χ3v) is 2.84. The van der Waals surface area contributed by atoms with Crippen molar-refractivity contribution < 1.29 is 9.18 Å². The van der Waals surface area contributed by atoms with Crippen molar-refractivity contribution in [3.8, 4) is 0 Å². The van der Waals surface area contributed by atoms with Crippen LogP contribution in [0.25, 0.3) is 0 Å². The summed E-state index contributed by atoms with van der Waals surface area (Å²) in [4.78, 5) is 12.1. The Labute approximate surface area is 105 Å². The number of nitrogens with two attached hydrogens (primary N) is 1. The molecule has 3 heteroatoms. The molecule has 0 saturated heterocycles. The second kappa shape index (κ2) is 5.00. The van der Waals surface area contributed by atoms with Crippen molar-refractivity contribution in [2.75, 3.05) is 5.73 Å². The second-order valence-electron chi connectivity index (χ2n) is 4.30. The standard InChI is InChI=1S/C15H14FNO/c1-10-2-5-12(16)9-14(10)15(18)8-11-3-6-13(17)7-4-11/h2-7,9H,8,17H2,1H3. The van der Waals surface area contributed by atoms with Crippen molar-refractivity contribution >= 4 is 11.5 Å². The molecule has 0 heterocycles. The normalized spacial score (nSPS) is 10.3. The van der Waals surface area contributed by atoms with Gasteiger partial charge < -0.3 is 5.73 Å². The number of rotatable bonds is 3. The van der Waals surface area contributed by atoms with E-state index in [-0.39, 0.29) is 18.0 Å². The zero-order chi connectivity index (χ0) is 13.1. The third-order valence-electron chi connectivity index (χ3n) is 2.84. The minimum absolute atomic E-state index is 0.0863. The highest BCUT2D eigenvalue weighted by atomic mass is 19.1. The van der Waals surface area contributed by atoms with E-state index in [9.17, 15) is 9.18 Å². The maximum Gasteiger partial charge on any atom is 0.167 e. The van der Waals surface area contributed by atoms with Crippen LogP contribution in [0.4, 0.5) is 10.1 Å². The van der Waals surface area contributed by atoms with Crippen molar-refractivity contribution in [3.63, 3.8) is 0 Å². The number of halogens is 1. The van der Waals surface area contributed by atoms with Gasteiger partial charge in [-0.15, -0.1) is 0 Å². The van der Waals surface area contributed by atoms with E-state index in [2.05, 4.69) is 0 Å². The van der Waals surface area contributed by atoms with Crippen LogP contribution >= 0.6 is 0 Å². The molecule has 2 N–H and O–H groups in total. The van der Waals surface area contributed by atoms with Gasteiger partial charge in [-0.1, -0.05) is 18.2 Å². The number of hydrogen-bond donors (Lipinski definition) is 1. The van der Waals surface area contributed by atoms with Crippen LogP contribution in [0.5, 0.6) is 0 Å². The summed E-state index contributed by atoms with van der Waals surface area (Å²) in [7, 11) is 0. The molecule has 0 aliphatic rings. The lowest BCUT2D eigenvalue weighted by molar-refractivity contribution is 0.0992. The minimum atomic E-state index is -0.388.